The third-order valence-electron chi connectivity index (χ3n) is 8.81. The van der Waals surface area contributed by atoms with Crippen LogP contribution in [0.25, 0.3) is 75.4 Å². The van der Waals surface area contributed by atoms with E-state index in [0.29, 0.717) is 0 Å². The number of ether oxygens (including phenoxy) is 1. The third-order valence-corrected chi connectivity index (χ3v) is 9.83. The van der Waals surface area contributed by atoms with Gasteiger partial charge in [-0.2, -0.15) is 0 Å². The van der Waals surface area contributed by atoms with Crippen molar-refractivity contribution in [3.8, 4) is 23.1 Å². The number of aromatic nitrogens is 4. The van der Waals surface area contributed by atoms with Crippen molar-refractivity contribution >= 4 is 75.1 Å². The molecule has 10 rings (SSSR count). The Morgan fingerprint density at radius 1 is 0.600 bits per heavy atom. The van der Waals surface area contributed by atoms with E-state index in [1.54, 1.807) is 35.0 Å². The average molecular weight is 679 g/mol. The molecular formula is C44H32N4OS. The second-order valence-corrected chi connectivity index (χ2v) is 13.9. The lowest BCUT2D eigenvalue weighted by Crippen LogP contribution is -2.12. The molecule has 6 heteroatoms. The molecule has 0 radical (unpaired) electrons. The van der Waals surface area contributed by atoms with Gasteiger partial charge in [0, 0.05) is 66.2 Å². The molecule has 0 fully saturated rings. The van der Waals surface area contributed by atoms with Crippen LogP contribution in [-0.4, -0.2) is 19.1 Å². The van der Waals surface area contributed by atoms with Gasteiger partial charge < -0.3 is 4.74 Å². The van der Waals surface area contributed by atoms with Crippen molar-refractivity contribution in [1.29, 1.82) is 0 Å². The second kappa shape index (κ2) is 10.8. The van der Waals surface area contributed by atoms with Crippen LogP contribution in [-0.2, 0) is 5.41 Å². The molecule has 0 saturated carbocycles. The first-order chi connectivity index (χ1) is 30.3. The molecule has 0 saturated heterocycles. The summed E-state index contributed by atoms with van der Waals surface area (Å²) in [6, 6.07) is 5.85. The topological polar surface area (TPSA) is 44.9 Å². The summed E-state index contributed by atoms with van der Waals surface area (Å²) in [4.78, 5) is 9.19. The maximum Gasteiger partial charge on any atom is 0.137 e. The first kappa shape index (κ1) is 18.1. The summed E-state index contributed by atoms with van der Waals surface area (Å²) < 4.78 is 135. The number of para-hydroxylation sites is 1. The Morgan fingerprint density at radius 3 is 2.06 bits per heavy atom. The van der Waals surface area contributed by atoms with Gasteiger partial charge in [-0.1, -0.05) is 69.1 Å². The Bertz CT molecular complexity index is 3740. The van der Waals surface area contributed by atoms with Gasteiger partial charge in [0.05, 0.1) is 41.3 Å². The lowest BCUT2D eigenvalue weighted by Gasteiger charge is -2.20. The molecule has 0 aliphatic rings. The molecule has 0 spiro atoms. The van der Waals surface area contributed by atoms with Crippen LogP contribution in [0.1, 0.15) is 45.5 Å². The molecule has 10 aromatic rings. The summed E-state index contributed by atoms with van der Waals surface area (Å²) in [5, 5.41) is 0.618. The summed E-state index contributed by atoms with van der Waals surface area (Å²) >= 11 is 0.967. The lowest BCUT2D eigenvalue weighted by molar-refractivity contribution is 0.484. The van der Waals surface area contributed by atoms with Gasteiger partial charge in [0.25, 0.3) is 0 Å². The summed E-state index contributed by atoms with van der Waals surface area (Å²) in [6.07, 6.45) is 3.11. The molecule has 0 unspecified atom stereocenters. The standard InChI is InChI=1S/C44H32N4OS/c1-44(2,3)27-21-23-46-41(24-27)47-35-12-6-4-10-30(35)31-17-15-28(25-36(31)47)49-29-16-18-32-33-19-20-39-42(34-11-5-7-13-38(34)50-39)43(33)48(37(32)26-29)40-14-8-9-22-45-40/h4-26H,1-3H3/i4D,5D,6D,7D,10D,11D,12D,13D,15D,16D,17D,18D,19D,20D. The monoisotopic (exact) mass is 678 g/mol. The first-order valence-corrected chi connectivity index (χ1v) is 16.6. The maximum atomic E-state index is 9.46. The molecule has 0 N–H and O–H groups in total. The predicted octanol–water partition coefficient (Wildman–Crippen LogP) is 12.1. The molecule has 0 aliphatic heterocycles. The van der Waals surface area contributed by atoms with E-state index in [2.05, 4.69) is 9.97 Å². The zero-order valence-corrected chi connectivity index (χ0v) is 27.6. The number of rotatable bonds is 4. The minimum atomic E-state index is -0.515. The summed E-state index contributed by atoms with van der Waals surface area (Å²) in [5.74, 6) is 0.0899. The summed E-state index contributed by atoms with van der Waals surface area (Å²) in [5.41, 5.74) is 1.17. The molecule has 50 heavy (non-hydrogen) atoms. The molecule has 0 aliphatic carbocycles. The van der Waals surface area contributed by atoms with E-state index in [-0.39, 0.29) is 123 Å². The van der Waals surface area contributed by atoms with Crippen molar-refractivity contribution in [2.45, 2.75) is 26.2 Å². The van der Waals surface area contributed by atoms with E-state index >= 15 is 0 Å². The molecule has 5 heterocycles. The Hall–Kier alpha value is -5.98. The maximum absolute atomic E-state index is 9.46. The number of benzene rings is 5. The van der Waals surface area contributed by atoms with Crippen molar-refractivity contribution in [2.24, 2.45) is 0 Å². The Morgan fingerprint density at radius 2 is 1.28 bits per heavy atom. The normalized spacial score (nSPS) is 16.2. The predicted molar refractivity (Wildman–Crippen MR) is 209 cm³/mol. The first-order valence-electron chi connectivity index (χ1n) is 22.8. The van der Waals surface area contributed by atoms with Crippen LogP contribution >= 0.6 is 11.3 Å². The zero-order valence-electron chi connectivity index (χ0n) is 40.8. The summed E-state index contributed by atoms with van der Waals surface area (Å²) in [7, 11) is 0. The zero-order chi connectivity index (χ0) is 45.7. The van der Waals surface area contributed by atoms with Crippen LogP contribution in [0.3, 0.4) is 0 Å². The molecule has 0 bridgehead atoms. The highest BCUT2D eigenvalue weighted by Crippen LogP contribution is 2.44. The van der Waals surface area contributed by atoms with Gasteiger partial charge >= 0.3 is 0 Å². The molecular weight excluding hydrogens is 633 g/mol. The number of pyridine rings is 2. The SMILES string of the molecule is [2H]c1c([2H])c([2H])c2c(sc3c([2H])c([2H])c4c5c([2H])c([2H])c(Oc6cc7c(c([2H])c6[2H])c6c([2H])c([2H])c([2H])c([2H])c6n7-c6cc(C(C)(C)C)ccn6)cc5n(-c5ccccn5)c4c32)c1[2H]. The van der Waals surface area contributed by atoms with Gasteiger partial charge in [-0.3, -0.25) is 9.13 Å². The Kier molecular flexibility index (Phi) is 3.90. The van der Waals surface area contributed by atoms with Crippen molar-refractivity contribution in [3.63, 3.8) is 0 Å². The largest absolute Gasteiger partial charge is 0.457 e. The van der Waals surface area contributed by atoms with E-state index < -0.39 is 54.4 Å². The van der Waals surface area contributed by atoms with Gasteiger partial charge in [-0.05, 0) is 77.5 Å². The average Bonchev–Trinajstić information content (AvgIpc) is 3.95. The highest BCUT2D eigenvalue weighted by atomic mass is 32.1. The molecule has 240 valence electrons. The molecule has 0 amide bonds. The van der Waals surface area contributed by atoms with E-state index in [0.717, 1.165) is 16.9 Å². The Labute approximate surface area is 312 Å². The fraction of sp³-hybridized carbons (Fsp3) is 0.0909. The smallest absolute Gasteiger partial charge is 0.137 e. The van der Waals surface area contributed by atoms with E-state index in [9.17, 15) is 6.85 Å². The van der Waals surface area contributed by atoms with Gasteiger partial charge in [-0.15, -0.1) is 11.3 Å². The van der Waals surface area contributed by atoms with Crippen molar-refractivity contribution in [3.05, 3.63) is 145 Å². The number of thiophene rings is 1. The number of hydrogen-bond acceptors (Lipinski definition) is 4. The van der Waals surface area contributed by atoms with Crippen molar-refractivity contribution in [1.82, 2.24) is 19.1 Å². The number of nitrogens with zero attached hydrogens (tertiary/aromatic N) is 4. The minimum Gasteiger partial charge on any atom is -0.457 e. The fourth-order valence-corrected chi connectivity index (χ4v) is 7.47. The summed E-state index contributed by atoms with van der Waals surface area (Å²) in [6.45, 7) is 6.03. The quantitative estimate of drug-likeness (QED) is 0.186. The van der Waals surface area contributed by atoms with Gasteiger partial charge in [-0.25, -0.2) is 9.97 Å². The minimum absolute atomic E-state index is 0.0158. The third kappa shape index (κ3) is 4.38. The van der Waals surface area contributed by atoms with Crippen LogP contribution in [0.2, 0.25) is 0 Å². The van der Waals surface area contributed by atoms with Gasteiger partial charge in [0.1, 0.15) is 23.1 Å². The number of hydrogen-bond donors (Lipinski definition) is 0. The fourth-order valence-electron chi connectivity index (χ4n) is 6.51. The van der Waals surface area contributed by atoms with Crippen molar-refractivity contribution in [2.75, 3.05) is 0 Å². The molecule has 5 nitrogen and oxygen atoms in total. The molecule has 0 atom stereocenters. The molecule has 5 aromatic carbocycles. The van der Waals surface area contributed by atoms with Crippen molar-refractivity contribution < 1.29 is 23.9 Å². The van der Waals surface area contributed by atoms with E-state index in [4.69, 9.17) is 17.1 Å². The van der Waals surface area contributed by atoms with E-state index in [1.165, 1.54) is 22.9 Å². The van der Waals surface area contributed by atoms with Crippen LogP contribution in [0.5, 0.6) is 11.5 Å². The lowest BCUT2D eigenvalue weighted by atomic mass is 9.88. The highest BCUT2D eigenvalue weighted by molar-refractivity contribution is 7.26. The van der Waals surface area contributed by atoms with E-state index in [1.807, 2.05) is 26.8 Å². The molecule has 5 aromatic heterocycles. The van der Waals surface area contributed by atoms with Crippen LogP contribution < -0.4 is 4.74 Å². The van der Waals surface area contributed by atoms with Gasteiger partial charge in [0.2, 0.25) is 0 Å². The highest BCUT2D eigenvalue weighted by Gasteiger charge is 2.21. The second-order valence-electron chi connectivity index (χ2n) is 12.9. The van der Waals surface area contributed by atoms with Crippen LogP contribution in [0.4, 0.5) is 0 Å². The van der Waals surface area contributed by atoms with Crippen LogP contribution in [0, 0.1) is 0 Å². The Balaban J connectivity index is 1.31. The van der Waals surface area contributed by atoms with Crippen LogP contribution in [0.15, 0.2) is 139 Å². The van der Waals surface area contributed by atoms with Gasteiger partial charge in [0.15, 0.2) is 0 Å². The number of fused-ring (bicyclic) bond motifs is 10.